The number of benzene rings is 2. The molecule has 4 nitrogen and oxygen atoms in total. The van der Waals surface area contributed by atoms with Crippen molar-refractivity contribution in [3.8, 4) is 0 Å². The number of hydrogen-bond donors (Lipinski definition) is 0. The van der Waals surface area contributed by atoms with Crippen LogP contribution in [0.1, 0.15) is 31.2 Å². The van der Waals surface area contributed by atoms with Crippen molar-refractivity contribution in [1.82, 2.24) is 9.66 Å². The Morgan fingerprint density at radius 1 is 1.25 bits per heavy atom. The van der Waals surface area contributed by atoms with E-state index in [0.717, 1.165) is 10.0 Å². The third-order valence-corrected chi connectivity index (χ3v) is 4.25. The summed E-state index contributed by atoms with van der Waals surface area (Å²) in [5.41, 5.74) is 1.29. The summed E-state index contributed by atoms with van der Waals surface area (Å²) in [4.78, 5) is 17.5. The molecule has 3 aromatic rings. The Balaban J connectivity index is 2.19. The smallest absolute Gasteiger partial charge is 0.267 e. The van der Waals surface area contributed by atoms with Crippen molar-refractivity contribution in [1.29, 1.82) is 0 Å². The van der Waals surface area contributed by atoms with E-state index in [1.54, 1.807) is 24.4 Å². The minimum atomic E-state index is -0.191. The van der Waals surface area contributed by atoms with Crippen LogP contribution in [0.5, 0.6) is 0 Å². The van der Waals surface area contributed by atoms with Gasteiger partial charge in [0.1, 0.15) is 5.82 Å². The second-order valence-electron chi connectivity index (χ2n) is 5.70. The standard InChI is InChI=1S/C18H15BrClN3O/c1-11(2)17-22-16-7-6-13(19)9-15(16)18(24)23(17)21-10-12-4-3-5-14(20)8-12/h3-11H,1-2H3. The molecule has 0 amide bonds. The lowest BCUT2D eigenvalue weighted by Gasteiger charge is -2.11. The molecule has 6 heteroatoms. The van der Waals surface area contributed by atoms with Gasteiger partial charge in [-0.15, -0.1) is 0 Å². The zero-order chi connectivity index (χ0) is 17.3. The van der Waals surface area contributed by atoms with Gasteiger partial charge in [0.2, 0.25) is 0 Å². The Morgan fingerprint density at radius 2 is 2.04 bits per heavy atom. The highest BCUT2D eigenvalue weighted by Crippen LogP contribution is 2.19. The summed E-state index contributed by atoms with van der Waals surface area (Å²) in [6.07, 6.45) is 1.62. The third-order valence-electron chi connectivity index (χ3n) is 3.52. The SMILES string of the molecule is CC(C)c1nc2ccc(Br)cc2c(=O)n1N=Cc1cccc(Cl)c1. The lowest BCUT2D eigenvalue weighted by atomic mass is 10.2. The normalized spacial score (nSPS) is 11.7. The largest absolute Gasteiger partial charge is 0.282 e. The highest BCUT2D eigenvalue weighted by atomic mass is 79.9. The number of halogens is 2. The van der Waals surface area contributed by atoms with E-state index >= 15 is 0 Å². The third kappa shape index (κ3) is 3.42. The second kappa shape index (κ2) is 6.87. The summed E-state index contributed by atoms with van der Waals surface area (Å²) >= 11 is 9.38. The lowest BCUT2D eigenvalue weighted by molar-refractivity contribution is 0.665. The molecule has 0 saturated heterocycles. The number of aromatic nitrogens is 2. The van der Waals surface area contributed by atoms with E-state index in [1.807, 2.05) is 38.1 Å². The molecule has 0 saturated carbocycles. The van der Waals surface area contributed by atoms with Gasteiger partial charge in [-0.3, -0.25) is 4.79 Å². The van der Waals surface area contributed by atoms with Crippen molar-refractivity contribution in [3.05, 3.63) is 73.7 Å². The molecule has 0 aliphatic heterocycles. The maximum atomic E-state index is 12.9. The Labute approximate surface area is 152 Å². The van der Waals surface area contributed by atoms with Crippen LogP contribution in [0.15, 0.2) is 56.8 Å². The zero-order valence-corrected chi connectivity index (χ0v) is 15.5. The summed E-state index contributed by atoms with van der Waals surface area (Å²) < 4.78 is 2.19. The Morgan fingerprint density at radius 3 is 2.75 bits per heavy atom. The van der Waals surface area contributed by atoms with Gasteiger partial charge >= 0.3 is 0 Å². The van der Waals surface area contributed by atoms with Crippen molar-refractivity contribution in [3.63, 3.8) is 0 Å². The second-order valence-corrected chi connectivity index (χ2v) is 7.05. The van der Waals surface area contributed by atoms with Crippen LogP contribution < -0.4 is 5.56 Å². The molecule has 0 N–H and O–H groups in total. The van der Waals surface area contributed by atoms with E-state index < -0.39 is 0 Å². The van der Waals surface area contributed by atoms with Gasteiger partial charge in [0.05, 0.1) is 17.1 Å². The van der Waals surface area contributed by atoms with Crippen LogP contribution in [0.2, 0.25) is 5.02 Å². The molecule has 24 heavy (non-hydrogen) atoms. The molecule has 0 aliphatic rings. The lowest BCUT2D eigenvalue weighted by Crippen LogP contribution is -2.23. The fourth-order valence-electron chi connectivity index (χ4n) is 2.36. The molecule has 1 heterocycles. The van der Waals surface area contributed by atoms with Gasteiger partial charge in [-0.25, -0.2) is 4.98 Å². The predicted molar refractivity (Wildman–Crippen MR) is 102 cm³/mol. The minimum Gasteiger partial charge on any atom is -0.267 e. The highest BCUT2D eigenvalue weighted by Gasteiger charge is 2.13. The summed E-state index contributed by atoms with van der Waals surface area (Å²) in [5.74, 6) is 0.676. The summed E-state index contributed by atoms with van der Waals surface area (Å²) in [7, 11) is 0. The molecule has 0 fully saturated rings. The van der Waals surface area contributed by atoms with E-state index in [-0.39, 0.29) is 11.5 Å². The van der Waals surface area contributed by atoms with Crippen LogP contribution in [0.4, 0.5) is 0 Å². The first-order chi connectivity index (χ1) is 11.5. The molecule has 0 atom stereocenters. The van der Waals surface area contributed by atoms with Crippen molar-refractivity contribution < 1.29 is 0 Å². The van der Waals surface area contributed by atoms with Crippen LogP contribution in [0.3, 0.4) is 0 Å². The van der Waals surface area contributed by atoms with Crippen LogP contribution in [-0.4, -0.2) is 15.9 Å². The molecule has 3 rings (SSSR count). The summed E-state index contributed by atoms with van der Waals surface area (Å²) in [5, 5.41) is 5.51. The molecule has 122 valence electrons. The Hall–Kier alpha value is -1.98. The highest BCUT2D eigenvalue weighted by molar-refractivity contribution is 9.10. The van der Waals surface area contributed by atoms with E-state index in [1.165, 1.54) is 4.68 Å². The molecule has 0 spiro atoms. The Bertz CT molecular complexity index is 995. The van der Waals surface area contributed by atoms with Crippen molar-refractivity contribution in [2.75, 3.05) is 0 Å². The molecular formula is C18H15BrClN3O. The van der Waals surface area contributed by atoms with Gasteiger partial charge in [-0.05, 0) is 35.9 Å². The van der Waals surface area contributed by atoms with Crippen LogP contribution in [0.25, 0.3) is 10.9 Å². The van der Waals surface area contributed by atoms with Crippen molar-refractivity contribution in [2.24, 2.45) is 5.10 Å². The maximum Gasteiger partial charge on any atom is 0.282 e. The van der Waals surface area contributed by atoms with Crippen molar-refractivity contribution in [2.45, 2.75) is 19.8 Å². The van der Waals surface area contributed by atoms with Crippen LogP contribution >= 0.6 is 27.5 Å². The van der Waals surface area contributed by atoms with Gasteiger partial charge in [0.25, 0.3) is 5.56 Å². The summed E-state index contributed by atoms with van der Waals surface area (Å²) in [6.45, 7) is 3.97. The number of nitrogens with zero attached hydrogens (tertiary/aromatic N) is 3. The van der Waals surface area contributed by atoms with Crippen LogP contribution in [0, 0.1) is 0 Å². The fourth-order valence-corrected chi connectivity index (χ4v) is 2.92. The molecule has 0 radical (unpaired) electrons. The van der Waals surface area contributed by atoms with Gasteiger partial charge in [-0.1, -0.05) is 53.5 Å². The van der Waals surface area contributed by atoms with Crippen LogP contribution in [-0.2, 0) is 0 Å². The first-order valence-electron chi connectivity index (χ1n) is 7.48. The van der Waals surface area contributed by atoms with E-state index in [4.69, 9.17) is 11.6 Å². The van der Waals surface area contributed by atoms with Crippen molar-refractivity contribution >= 4 is 44.6 Å². The average molecular weight is 405 g/mol. The average Bonchev–Trinajstić information content (AvgIpc) is 2.54. The van der Waals surface area contributed by atoms with E-state index in [2.05, 4.69) is 26.0 Å². The zero-order valence-electron chi connectivity index (χ0n) is 13.2. The summed E-state index contributed by atoms with van der Waals surface area (Å²) in [6, 6.07) is 12.8. The van der Waals surface area contributed by atoms with E-state index in [9.17, 15) is 4.79 Å². The molecule has 1 aromatic heterocycles. The number of fused-ring (bicyclic) bond motifs is 1. The van der Waals surface area contributed by atoms with Gasteiger partial charge in [-0.2, -0.15) is 9.78 Å². The molecular weight excluding hydrogens is 390 g/mol. The minimum absolute atomic E-state index is 0.0576. The van der Waals surface area contributed by atoms with Gasteiger partial charge < -0.3 is 0 Å². The predicted octanol–water partition coefficient (Wildman–Crippen LogP) is 4.82. The molecule has 0 aliphatic carbocycles. The topological polar surface area (TPSA) is 47.2 Å². The first kappa shape index (κ1) is 16.9. The molecule has 2 aromatic carbocycles. The molecule has 0 unspecified atom stereocenters. The fraction of sp³-hybridized carbons (Fsp3) is 0.167. The van der Waals surface area contributed by atoms with E-state index in [0.29, 0.717) is 21.7 Å². The monoisotopic (exact) mass is 403 g/mol. The van der Waals surface area contributed by atoms with Gasteiger partial charge in [0, 0.05) is 15.4 Å². The van der Waals surface area contributed by atoms with Gasteiger partial charge in [0.15, 0.2) is 0 Å². The first-order valence-corrected chi connectivity index (χ1v) is 8.65. The number of rotatable bonds is 3. The maximum absolute atomic E-state index is 12.9. The molecule has 0 bridgehead atoms. The number of hydrogen-bond acceptors (Lipinski definition) is 3. The Kier molecular flexibility index (Phi) is 4.83. The quantitative estimate of drug-likeness (QED) is 0.588.